The van der Waals surface area contributed by atoms with Crippen molar-refractivity contribution in [2.75, 3.05) is 6.54 Å². The number of rotatable bonds is 3. The quantitative estimate of drug-likeness (QED) is 0.875. The summed E-state index contributed by atoms with van der Waals surface area (Å²) in [6, 6.07) is 9.10. The minimum atomic E-state index is 0.0438. The maximum absolute atomic E-state index is 12.2. The van der Waals surface area contributed by atoms with Crippen LogP contribution in [0.2, 0.25) is 0 Å². The molecule has 3 aliphatic carbocycles. The van der Waals surface area contributed by atoms with Gasteiger partial charge in [-0.2, -0.15) is 0 Å². The number of benzene rings is 1. The number of nitrogens with one attached hydrogen (secondary N) is 2. The van der Waals surface area contributed by atoms with E-state index in [9.17, 15) is 4.79 Å². The Morgan fingerprint density at radius 1 is 1.09 bits per heavy atom. The zero-order valence-corrected chi connectivity index (χ0v) is 13.9. The van der Waals surface area contributed by atoms with Crippen LogP contribution in [0, 0.1) is 11.3 Å². The highest BCUT2D eigenvalue weighted by molar-refractivity contribution is 5.74. The smallest absolute Gasteiger partial charge is 0.315 e. The van der Waals surface area contributed by atoms with Crippen molar-refractivity contribution in [1.82, 2.24) is 10.6 Å². The van der Waals surface area contributed by atoms with Crippen molar-refractivity contribution >= 4 is 6.03 Å². The van der Waals surface area contributed by atoms with Gasteiger partial charge in [0.05, 0.1) is 0 Å². The second-order valence-corrected chi connectivity index (χ2v) is 8.04. The summed E-state index contributed by atoms with van der Waals surface area (Å²) >= 11 is 0. The van der Waals surface area contributed by atoms with E-state index in [0.29, 0.717) is 17.4 Å². The third kappa shape index (κ3) is 3.24. The number of amides is 2. The molecule has 1 atom stereocenters. The molecule has 0 heterocycles. The highest BCUT2D eigenvalue weighted by Crippen LogP contribution is 2.51. The number of hydrogen-bond donors (Lipinski definition) is 2. The molecule has 23 heavy (non-hydrogen) atoms. The SMILES string of the molecule is O=C(NCC1Cc2ccccc2C1)NC1CCCC2(CCC2)C1. The van der Waals surface area contributed by atoms with Crippen LogP contribution in [0.5, 0.6) is 0 Å². The highest BCUT2D eigenvalue weighted by Gasteiger charge is 2.41. The predicted octanol–water partition coefficient (Wildman–Crippen LogP) is 3.81. The number of hydrogen-bond acceptors (Lipinski definition) is 1. The van der Waals surface area contributed by atoms with Crippen molar-refractivity contribution in [1.29, 1.82) is 0 Å². The van der Waals surface area contributed by atoms with Crippen LogP contribution in [-0.4, -0.2) is 18.6 Å². The van der Waals surface area contributed by atoms with Crippen molar-refractivity contribution < 1.29 is 4.79 Å². The second-order valence-electron chi connectivity index (χ2n) is 8.04. The Morgan fingerprint density at radius 2 is 1.78 bits per heavy atom. The molecule has 0 saturated heterocycles. The average Bonchev–Trinajstić information content (AvgIpc) is 2.95. The first-order valence-electron chi connectivity index (χ1n) is 9.34. The molecule has 1 aromatic carbocycles. The molecule has 124 valence electrons. The van der Waals surface area contributed by atoms with E-state index in [1.54, 1.807) is 0 Å². The zero-order valence-electron chi connectivity index (χ0n) is 13.9. The molecular formula is C20H28N2O. The number of fused-ring (bicyclic) bond motifs is 1. The van der Waals surface area contributed by atoms with Crippen LogP contribution in [0.15, 0.2) is 24.3 Å². The van der Waals surface area contributed by atoms with Gasteiger partial charge < -0.3 is 10.6 Å². The molecule has 3 nitrogen and oxygen atoms in total. The molecule has 0 aromatic heterocycles. The molecule has 3 heteroatoms. The maximum atomic E-state index is 12.2. The van der Waals surface area contributed by atoms with Gasteiger partial charge in [-0.25, -0.2) is 4.79 Å². The van der Waals surface area contributed by atoms with Gasteiger partial charge in [-0.15, -0.1) is 0 Å². The topological polar surface area (TPSA) is 41.1 Å². The van der Waals surface area contributed by atoms with E-state index < -0.39 is 0 Å². The Bertz CT molecular complexity index is 554. The van der Waals surface area contributed by atoms with Gasteiger partial charge in [0.1, 0.15) is 0 Å². The van der Waals surface area contributed by atoms with Crippen LogP contribution < -0.4 is 10.6 Å². The van der Waals surface area contributed by atoms with Gasteiger partial charge in [-0.3, -0.25) is 0 Å². The van der Waals surface area contributed by atoms with Crippen molar-refractivity contribution in [3.05, 3.63) is 35.4 Å². The molecule has 2 amide bonds. The zero-order chi connectivity index (χ0) is 15.7. The van der Waals surface area contributed by atoms with Crippen molar-refractivity contribution in [3.63, 3.8) is 0 Å². The fraction of sp³-hybridized carbons (Fsp3) is 0.650. The highest BCUT2D eigenvalue weighted by atomic mass is 16.2. The minimum Gasteiger partial charge on any atom is -0.338 e. The van der Waals surface area contributed by atoms with Gasteiger partial charge >= 0.3 is 6.03 Å². The van der Waals surface area contributed by atoms with Crippen LogP contribution in [0.3, 0.4) is 0 Å². The van der Waals surface area contributed by atoms with E-state index in [1.165, 1.54) is 49.7 Å². The fourth-order valence-corrected chi connectivity index (χ4v) is 4.97. The van der Waals surface area contributed by atoms with Crippen LogP contribution in [0.1, 0.15) is 56.1 Å². The van der Waals surface area contributed by atoms with Gasteiger partial charge in [-0.1, -0.05) is 37.1 Å². The van der Waals surface area contributed by atoms with Crippen molar-refractivity contribution in [2.45, 2.75) is 63.8 Å². The van der Waals surface area contributed by atoms with Crippen molar-refractivity contribution in [3.8, 4) is 0 Å². The average molecular weight is 312 g/mol. The lowest BCUT2D eigenvalue weighted by Gasteiger charge is -2.47. The molecule has 1 aromatic rings. The Kier molecular flexibility index (Phi) is 4.04. The minimum absolute atomic E-state index is 0.0438. The molecule has 2 N–H and O–H groups in total. The summed E-state index contributed by atoms with van der Waals surface area (Å²) in [5, 5.41) is 6.36. The van der Waals surface area contributed by atoms with Gasteiger partial charge in [-0.05, 0) is 67.4 Å². The van der Waals surface area contributed by atoms with E-state index in [1.807, 2.05) is 0 Å². The normalized spacial score (nSPS) is 25.7. The summed E-state index contributed by atoms with van der Waals surface area (Å²) < 4.78 is 0. The van der Waals surface area contributed by atoms with Gasteiger partial charge in [0, 0.05) is 12.6 Å². The molecular weight excluding hydrogens is 284 g/mol. The summed E-state index contributed by atoms with van der Waals surface area (Å²) in [6.45, 7) is 0.790. The lowest BCUT2D eigenvalue weighted by molar-refractivity contribution is 0.0608. The Labute approximate surface area is 139 Å². The molecule has 1 unspecified atom stereocenters. The van der Waals surface area contributed by atoms with E-state index >= 15 is 0 Å². The molecule has 0 aliphatic heterocycles. The Balaban J connectivity index is 1.22. The molecule has 2 saturated carbocycles. The lowest BCUT2D eigenvalue weighted by atomic mass is 9.60. The third-order valence-electron chi connectivity index (χ3n) is 6.38. The Hall–Kier alpha value is -1.51. The van der Waals surface area contributed by atoms with Crippen LogP contribution in [0.25, 0.3) is 0 Å². The standard InChI is InChI=1S/C20H28N2O/c23-19(22-18-7-3-8-20(13-18)9-4-10-20)21-14-15-11-16-5-1-2-6-17(16)12-15/h1-2,5-6,15,18H,3-4,7-14H2,(H2,21,22,23). The Morgan fingerprint density at radius 3 is 2.43 bits per heavy atom. The van der Waals surface area contributed by atoms with Crippen LogP contribution >= 0.6 is 0 Å². The van der Waals surface area contributed by atoms with Gasteiger partial charge in [0.25, 0.3) is 0 Å². The summed E-state index contributed by atoms with van der Waals surface area (Å²) in [4.78, 5) is 12.2. The summed E-state index contributed by atoms with van der Waals surface area (Å²) in [5.74, 6) is 0.558. The number of carbonyl (C=O) groups is 1. The van der Waals surface area contributed by atoms with E-state index in [0.717, 1.165) is 25.8 Å². The second kappa shape index (κ2) is 6.18. The molecule has 3 aliphatic rings. The maximum Gasteiger partial charge on any atom is 0.315 e. The van der Waals surface area contributed by atoms with Crippen molar-refractivity contribution in [2.24, 2.45) is 11.3 Å². The third-order valence-corrected chi connectivity index (χ3v) is 6.38. The first-order chi connectivity index (χ1) is 11.2. The predicted molar refractivity (Wildman–Crippen MR) is 92.4 cm³/mol. The molecule has 2 fully saturated rings. The fourth-order valence-electron chi connectivity index (χ4n) is 4.97. The monoisotopic (exact) mass is 312 g/mol. The molecule has 1 spiro atoms. The summed E-state index contributed by atoms with van der Waals surface area (Å²) in [7, 11) is 0. The first kappa shape index (κ1) is 15.0. The molecule has 4 rings (SSSR count). The number of carbonyl (C=O) groups excluding carboxylic acids is 1. The number of urea groups is 1. The van der Waals surface area contributed by atoms with Crippen LogP contribution in [0.4, 0.5) is 4.79 Å². The van der Waals surface area contributed by atoms with E-state index in [4.69, 9.17) is 0 Å². The largest absolute Gasteiger partial charge is 0.338 e. The molecule has 0 radical (unpaired) electrons. The van der Waals surface area contributed by atoms with Gasteiger partial charge in [0.2, 0.25) is 0 Å². The van der Waals surface area contributed by atoms with Crippen LogP contribution in [-0.2, 0) is 12.8 Å². The first-order valence-corrected chi connectivity index (χ1v) is 9.34. The van der Waals surface area contributed by atoms with E-state index in [-0.39, 0.29) is 6.03 Å². The van der Waals surface area contributed by atoms with Gasteiger partial charge in [0.15, 0.2) is 0 Å². The lowest BCUT2D eigenvalue weighted by Crippen LogP contribution is -2.48. The van der Waals surface area contributed by atoms with E-state index in [2.05, 4.69) is 34.9 Å². The molecule has 0 bridgehead atoms. The summed E-state index contributed by atoms with van der Waals surface area (Å²) in [6.07, 6.45) is 11.4. The summed E-state index contributed by atoms with van der Waals surface area (Å²) in [5.41, 5.74) is 3.50.